The molecular formula is C13H27N3O2. The summed E-state index contributed by atoms with van der Waals surface area (Å²) < 4.78 is 0. The van der Waals surface area contributed by atoms with Crippen molar-refractivity contribution in [1.82, 2.24) is 15.1 Å². The van der Waals surface area contributed by atoms with Gasteiger partial charge in [0.1, 0.15) is 0 Å². The van der Waals surface area contributed by atoms with Crippen molar-refractivity contribution < 1.29 is 9.90 Å². The summed E-state index contributed by atoms with van der Waals surface area (Å²) in [5.41, 5.74) is 0. The summed E-state index contributed by atoms with van der Waals surface area (Å²) >= 11 is 0. The van der Waals surface area contributed by atoms with Crippen molar-refractivity contribution in [3.05, 3.63) is 0 Å². The van der Waals surface area contributed by atoms with Crippen LogP contribution in [0.2, 0.25) is 0 Å². The largest absolute Gasteiger partial charge is 0.396 e. The first-order valence-corrected chi connectivity index (χ1v) is 6.96. The third-order valence-corrected chi connectivity index (χ3v) is 3.16. The lowest BCUT2D eigenvalue weighted by molar-refractivity contribution is -0.123. The maximum Gasteiger partial charge on any atom is 0.234 e. The highest BCUT2D eigenvalue weighted by Gasteiger charge is 2.18. The second-order valence-corrected chi connectivity index (χ2v) is 5.27. The first-order valence-electron chi connectivity index (χ1n) is 6.96. The van der Waals surface area contributed by atoms with E-state index in [-0.39, 0.29) is 18.6 Å². The number of aliphatic hydroxyl groups is 1. The first kappa shape index (κ1) is 15.4. The van der Waals surface area contributed by atoms with Crippen LogP contribution in [-0.4, -0.2) is 72.7 Å². The quantitative estimate of drug-likeness (QED) is 0.626. The Labute approximate surface area is 110 Å². The first-order chi connectivity index (χ1) is 8.61. The van der Waals surface area contributed by atoms with Crippen molar-refractivity contribution in [2.75, 3.05) is 45.9 Å². The smallest absolute Gasteiger partial charge is 0.234 e. The molecule has 0 aliphatic carbocycles. The summed E-state index contributed by atoms with van der Waals surface area (Å²) in [6.45, 7) is 9.81. The van der Waals surface area contributed by atoms with E-state index in [9.17, 15) is 4.79 Å². The van der Waals surface area contributed by atoms with Crippen LogP contribution < -0.4 is 5.32 Å². The zero-order valence-corrected chi connectivity index (χ0v) is 11.7. The van der Waals surface area contributed by atoms with Gasteiger partial charge in [0, 0.05) is 38.8 Å². The molecule has 0 radical (unpaired) electrons. The Bertz CT molecular complexity index is 238. The van der Waals surface area contributed by atoms with Crippen LogP contribution >= 0.6 is 0 Å². The Kier molecular flexibility index (Phi) is 7.23. The fourth-order valence-corrected chi connectivity index (χ4v) is 2.19. The highest BCUT2D eigenvalue weighted by molar-refractivity contribution is 5.78. The second-order valence-electron chi connectivity index (χ2n) is 5.27. The summed E-state index contributed by atoms with van der Waals surface area (Å²) in [6.07, 6.45) is 1.95. The van der Waals surface area contributed by atoms with E-state index in [2.05, 4.69) is 15.1 Å². The standard InChI is InChI=1S/C13H27N3O2/c1-12(2)14-13(18)11-16-8-6-15(7-9-16)5-3-4-10-17/h12,17H,3-11H2,1-2H3,(H,14,18). The highest BCUT2D eigenvalue weighted by Crippen LogP contribution is 2.03. The van der Waals surface area contributed by atoms with E-state index in [1.165, 1.54) is 0 Å². The molecule has 18 heavy (non-hydrogen) atoms. The molecule has 0 saturated carbocycles. The Morgan fingerprint density at radius 3 is 2.33 bits per heavy atom. The molecule has 5 nitrogen and oxygen atoms in total. The van der Waals surface area contributed by atoms with Gasteiger partial charge in [0.05, 0.1) is 6.54 Å². The third kappa shape index (κ3) is 6.33. The summed E-state index contributed by atoms with van der Waals surface area (Å²) in [4.78, 5) is 16.2. The fourth-order valence-electron chi connectivity index (χ4n) is 2.19. The number of piperazine rings is 1. The molecule has 0 aromatic heterocycles. The molecule has 1 fully saturated rings. The minimum atomic E-state index is 0.124. The molecule has 0 aromatic rings. The number of nitrogens with one attached hydrogen (secondary N) is 1. The number of hydrogen-bond acceptors (Lipinski definition) is 4. The number of unbranched alkanes of at least 4 members (excludes halogenated alkanes) is 1. The van der Waals surface area contributed by atoms with Crippen LogP contribution in [0.4, 0.5) is 0 Å². The van der Waals surface area contributed by atoms with E-state index in [0.717, 1.165) is 45.6 Å². The maximum atomic E-state index is 11.6. The Balaban J connectivity index is 2.13. The van der Waals surface area contributed by atoms with Gasteiger partial charge in [-0.2, -0.15) is 0 Å². The van der Waals surface area contributed by atoms with E-state index >= 15 is 0 Å². The predicted octanol–water partition coefficient (Wildman–Crippen LogP) is -0.0989. The van der Waals surface area contributed by atoms with Gasteiger partial charge in [0.25, 0.3) is 0 Å². The summed E-state index contributed by atoms with van der Waals surface area (Å²) in [7, 11) is 0. The average Bonchev–Trinajstić information content (AvgIpc) is 2.30. The molecule has 5 heteroatoms. The molecule has 0 unspecified atom stereocenters. The van der Waals surface area contributed by atoms with E-state index in [1.54, 1.807) is 0 Å². The number of carbonyl (C=O) groups excluding carboxylic acids is 1. The van der Waals surface area contributed by atoms with Crippen LogP contribution in [0.3, 0.4) is 0 Å². The van der Waals surface area contributed by atoms with Crippen molar-refractivity contribution in [2.45, 2.75) is 32.7 Å². The molecule has 0 aromatic carbocycles. The number of rotatable bonds is 7. The van der Waals surface area contributed by atoms with Crippen LogP contribution in [-0.2, 0) is 4.79 Å². The van der Waals surface area contributed by atoms with Gasteiger partial charge in [-0.25, -0.2) is 0 Å². The van der Waals surface area contributed by atoms with Crippen molar-refractivity contribution in [3.8, 4) is 0 Å². The topological polar surface area (TPSA) is 55.8 Å². The number of amides is 1. The minimum absolute atomic E-state index is 0.124. The number of aliphatic hydroxyl groups excluding tert-OH is 1. The van der Waals surface area contributed by atoms with Gasteiger partial charge in [-0.1, -0.05) is 0 Å². The highest BCUT2D eigenvalue weighted by atomic mass is 16.2. The van der Waals surface area contributed by atoms with Crippen molar-refractivity contribution in [1.29, 1.82) is 0 Å². The van der Waals surface area contributed by atoms with Crippen LogP contribution in [0.5, 0.6) is 0 Å². The molecule has 1 saturated heterocycles. The maximum absolute atomic E-state index is 11.6. The summed E-state index contributed by atoms with van der Waals surface area (Å²) in [6, 6.07) is 0.220. The van der Waals surface area contributed by atoms with Gasteiger partial charge in [0.2, 0.25) is 5.91 Å². The second kappa shape index (κ2) is 8.45. The van der Waals surface area contributed by atoms with Crippen LogP contribution in [0.1, 0.15) is 26.7 Å². The van der Waals surface area contributed by atoms with Crippen LogP contribution in [0.15, 0.2) is 0 Å². The van der Waals surface area contributed by atoms with Gasteiger partial charge in [-0.05, 0) is 33.2 Å². The minimum Gasteiger partial charge on any atom is -0.396 e. The number of hydrogen-bond donors (Lipinski definition) is 2. The zero-order valence-electron chi connectivity index (χ0n) is 11.7. The molecule has 1 aliphatic heterocycles. The average molecular weight is 257 g/mol. The van der Waals surface area contributed by atoms with Gasteiger partial charge < -0.3 is 15.3 Å². The molecule has 1 rings (SSSR count). The summed E-state index contributed by atoms with van der Waals surface area (Å²) in [5, 5.41) is 11.7. The zero-order chi connectivity index (χ0) is 13.4. The Morgan fingerprint density at radius 1 is 1.17 bits per heavy atom. The third-order valence-electron chi connectivity index (χ3n) is 3.16. The SMILES string of the molecule is CC(C)NC(=O)CN1CCN(CCCCO)CC1. The predicted molar refractivity (Wildman–Crippen MR) is 72.5 cm³/mol. The van der Waals surface area contributed by atoms with Gasteiger partial charge in [-0.3, -0.25) is 9.69 Å². The lowest BCUT2D eigenvalue weighted by Crippen LogP contribution is -2.50. The molecule has 0 spiro atoms. The number of nitrogens with zero attached hydrogens (tertiary/aromatic N) is 2. The van der Waals surface area contributed by atoms with Crippen molar-refractivity contribution >= 4 is 5.91 Å². The van der Waals surface area contributed by atoms with E-state index < -0.39 is 0 Å². The van der Waals surface area contributed by atoms with Crippen LogP contribution in [0.25, 0.3) is 0 Å². The normalized spacial score (nSPS) is 18.2. The summed E-state index contributed by atoms with van der Waals surface area (Å²) in [5.74, 6) is 0.124. The van der Waals surface area contributed by atoms with Crippen LogP contribution in [0, 0.1) is 0 Å². The van der Waals surface area contributed by atoms with E-state index in [1.807, 2.05) is 13.8 Å². The van der Waals surface area contributed by atoms with Gasteiger partial charge in [-0.15, -0.1) is 0 Å². The fraction of sp³-hybridized carbons (Fsp3) is 0.923. The molecular weight excluding hydrogens is 230 g/mol. The molecule has 0 atom stereocenters. The Hall–Kier alpha value is -0.650. The Morgan fingerprint density at radius 2 is 1.78 bits per heavy atom. The molecule has 1 amide bonds. The monoisotopic (exact) mass is 257 g/mol. The van der Waals surface area contributed by atoms with Crippen molar-refractivity contribution in [3.63, 3.8) is 0 Å². The lowest BCUT2D eigenvalue weighted by Gasteiger charge is -2.34. The molecule has 0 bridgehead atoms. The van der Waals surface area contributed by atoms with Gasteiger partial charge in [0.15, 0.2) is 0 Å². The lowest BCUT2D eigenvalue weighted by atomic mass is 10.2. The van der Waals surface area contributed by atoms with E-state index in [0.29, 0.717) is 6.54 Å². The van der Waals surface area contributed by atoms with E-state index in [4.69, 9.17) is 5.11 Å². The molecule has 1 heterocycles. The molecule has 1 aliphatic rings. The van der Waals surface area contributed by atoms with Crippen molar-refractivity contribution in [2.24, 2.45) is 0 Å². The van der Waals surface area contributed by atoms with Gasteiger partial charge >= 0.3 is 0 Å². The number of carbonyl (C=O) groups is 1. The molecule has 106 valence electrons. The molecule has 2 N–H and O–H groups in total.